The van der Waals surface area contributed by atoms with Gasteiger partial charge in [0.05, 0.1) is 0 Å². The molecule has 13 heavy (non-hydrogen) atoms. The van der Waals surface area contributed by atoms with Gasteiger partial charge in [-0.15, -0.1) is 0 Å². The van der Waals surface area contributed by atoms with Crippen LogP contribution in [0.1, 0.15) is 19.8 Å². The Morgan fingerprint density at radius 3 is 2.92 bits per heavy atom. The summed E-state index contributed by atoms with van der Waals surface area (Å²) in [6.07, 6.45) is 2.78. The highest BCUT2D eigenvalue weighted by Crippen LogP contribution is 2.15. The summed E-state index contributed by atoms with van der Waals surface area (Å²) in [7, 11) is 0. The lowest BCUT2D eigenvalue weighted by molar-refractivity contribution is 0.242. The van der Waals surface area contributed by atoms with Gasteiger partial charge in [-0.25, -0.2) is 0 Å². The summed E-state index contributed by atoms with van der Waals surface area (Å²) >= 11 is 0. The quantitative estimate of drug-likeness (QED) is 0.644. The van der Waals surface area contributed by atoms with Crippen molar-refractivity contribution in [1.29, 1.82) is 0 Å². The molecule has 1 atom stereocenters. The third-order valence-corrected chi connectivity index (χ3v) is 3.33. The van der Waals surface area contributed by atoms with Crippen LogP contribution >= 0.6 is 0 Å². The molecule has 2 aliphatic rings. The first-order valence-electron chi connectivity index (χ1n) is 5.58. The zero-order chi connectivity index (χ0) is 9.10. The van der Waals surface area contributed by atoms with Gasteiger partial charge in [-0.3, -0.25) is 4.90 Å². The van der Waals surface area contributed by atoms with Gasteiger partial charge in [0.15, 0.2) is 0 Å². The first-order chi connectivity index (χ1) is 6.40. The maximum atomic E-state index is 3.62. The van der Waals surface area contributed by atoms with Crippen LogP contribution in [-0.2, 0) is 0 Å². The monoisotopic (exact) mass is 183 g/mol. The Kier molecular flexibility index (Phi) is 3.19. The van der Waals surface area contributed by atoms with Gasteiger partial charge in [0, 0.05) is 31.7 Å². The molecule has 76 valence electrons. The molecule has 0 aromatic heterocycles. The Balaban J connectivity index is 1.67. The van der Waals surface area contributed by atoms with Gasteiger partial charge < -0.3 is 10.6 Å². The van der Waals surface area contributed by atoms with Crippen molar-refractivity contribution in [3.63, 3.8) is 0 Å². The topological polar surface area (TPSA) is 27.3 Å². The summed E-state index contributed by atoms with van der Waals surface area (Å²) in [5.74, 6) is 0. The van der Waals surface area contributed by atoms with Gasteiger partial charge in [0.1, 0.15) is 0 Å². The highest BCUT2D eigenvalue weighted by atomic mass is 15.2. The van der Waals surface area contributed by atoms with Gasteiger partial charge in [0.25, 0.3) is 0 Å². The largest absolute Gasteiger partial charge is 0.314 e. The van der Waals surface area contributed by atoms with Crippen LogP contribution in [-0.4, -0.2) is 49.7 Å². The Bertz CT molecular complexity index is 156. The van der Waals surface area contributed by atoms with Crippen molar-refractivity contribution in [2.24, 2.45) is 0 Å². The highest BCUT2D eigenvalue weighted by molar-refractivity contribution is 4.86. The number of nitrogens with zero attached hydrogens (tertiary/aromatic N) is 1. The number of likely N-dealkylation sites (N-methyl/N-ethyl adjacent to an activating group) is 1. The SMILES string of the molecule is CCN1CCCC1CNC1CNC1. The lowest BCUT2D eigenvalue weighted by Gasteiger charge is -2.31. The van der Waals surface area contributed by atoms with Crippen molar-refractivity contribution >= 4 is 0 Å². The van der Waals surface area contributed by atoms with Gasteiger partial charge in [-0.1, -0.05) is 6.92 Å². The molecule has 0 aromatic rings. The Labute approximate surface area is 80.9 Å². The molecule has 2 N–H and O–H groups in total. The van der Waals surface area contributed by atoms with Crippen LogP contribution in [0, 0.1) is 0 Å². The first-order valence-corrected chi connectivity index (χ1v) is 5.58. The van der Waals surface area contributed by atoms with Gasteiger partial charge in [-0.05, 0) is 25.9 Å². The molecule has 0 spiro atoms. The zero-order valence-electron chi connectivity index (χ0n) is 8.55. The van der Waals surface area contributed by atoms with Crippen LogP contribution in [0.25, 0.3) is 0 Å². The molecule has 0 bridgehead atoms. The molecule has 0 aliphatic carbocycles. The smallest absolute Gasteiger partial charge is 0.0318 e. The van der Waals surface area contributed by atoms with E-state index in [2.05, 4.69) is 22.5 Å². The normalized spacial score (nSPS) is 30.7. The van der Waals surface area contributed by atoms with E-state index in [1.54, 1.807) is 0 Å². The van der Waals surface area contributed by atoms with Gasteiger partial charge in [-0.2, -0.15) is 0 Å². The second-order valence-corrected chi connectivity index (χ2v) is 4.19. The molecule has 0 aromatic carbocycles. The molecule has 0 saturated carbocycles. The highest BCUT2D eigenvalue weighted by Gasteiger charge is 2.24. The van der Waals surface area contributed by atoms with Crippen molar-refractivity contribution in [3.05, 3.63) is 0 Å². The fraction of sp³-hybridized carbons (Fsp3) is 1.00. The summed E-state index contributed by atoms with van der Waals surface area (Å²) in [4.78, 5) is 2.60. The van der Waals surface area contributed by atoms with Crippen LogP contribution in [0.15, 0.2) is 0 Å². The molecule has 2 rings (SSSR count). The molecule has 2 heterocycles. The molecule has 2 fully saturated rings. The predicted molar refractivity (Wildman–Crippen MR) is 54.9 cm³/mol. The first kappa shape index (κ1) is 9.44. The van der Waals surface area contributed by atoms with E-state index in [0.29, 0.717) is 0 Å². The van der Waals surface area contributed by atoms with Crippen LogP contribution in [0.4, 0.5) is 0 Å². The number of rotatable bonds is 4. The molecular formula is C10H21N3. The second kappa shape index (κ2) is 4.40. The van der Waals surface area contributed by atoms with Gasteiger partial charge in [0.2, 0.25) is 0 Å². The average molecular weight is 183 g/mol. The van der Waals surface area contributed by atoms with Crippen molar-refractivity contribution < 1.29 is 0 Å². The summed E-state index contributed by atoms with van der Waals surface area (Å²) in [5, 5.41) is 6.91. The van der Waals surface area contributed by atoms with Crippen LogP contribution in [0.3, 0.4) is 0 Å². The summed E-state index contributed by atoms with van der Waals surface area (Å²) in [6.45, 7) is 8.32. The van der Waals surface area contributed by atoms with Crippen molar-refractivity contribution in [2.45, 2.75) is 31.8 Å². The van der Waals surface area contributed by atoms with E-state index in [9.17, 15) is 0 Å². The fourth-order valence-corrected chi connectivity index (χ4v) is 2.28. The summed E-state index contributed by atoms with van der Waals surface area (Å²) in [6, 6.07) is 1.56. The minimum absolute atomic E-state index is 0.749. The maximum absolute atomic E-state index is 3.62. The van der Waals surface area contributed by atoms with E-state index in [1.165, 1.54) is 45.6 Å². The predicted octanol–water partition coefficient (Wildman–Crippen LogP) is 0.0321. The van der Waals surface area contributed by atoms with E-state index in [4.69, 9.17) is 0 Å². The van der Waals surface area contributed by atoms with Crippen LogP contribution in [0.5, 0.6) is 0 Å². The maximum Gasteiger partial charge on any atom is 0.0318 e. The third kappa shape index (κ3) is 2.22. The van der Waals surface area contributed by atoms with Crippen LogP contribution in [0.2, 0.25) is 0 Å². The molecule has 2 aliphatic heterocycles. The van der Waals surface area contributed by atoms with Crippen LogP contribution < -0.4 is 10.6 Å². The van der Waals surface area contributed by atoms with E-state index in [-0.39, 0.29) is 0 Å². The van der Waals surface area contributed by atoms with E-state index in [1.807, 2.05) is 0 Å². The lowest BCUT2D eigenvalue weighted by Crippen LogP contribution is -2.57. The average Bonchev–Trinajstić information content (AvgIpc) is 2.49. The minimum Gasteiger partial charge on any atom is -0.314 e. The Morgan fingerprint density at radius 2 is 2.31 bits per heavy atom. The summed E-state index contributed by atoms with van der Waals surface area (Å²) < 4.78 is 0. The van der Waals surface area contributed by atoms with E-state index in [0.717, 1.165) is 12.1 Å². The number of hydrogen-bond acceptors (Lipinski definition) is 3. The molecule has 2 saturated heterocycles. The lowest BCUT2D eigenvalue weighted by atomic mass is 10.1. The third-order valence-electron chi connectivity index (χ3n) is 3.33. The molecule has 1 unspecified atom stereocenters. The van der Waals surface area contributed by atoms with E-state index < -0.39 is 0 Å². The Hall–Kier alpha value is -0.120. The molecule has 3 nitrogen and oxygen atoms in total. The zero-order valence-corrected chi connectivity index (χ0v) is 8.55. The molecule has 3 heteroatoms. The van der Waals surface area contributed by atoms with Crippen molar-refractivity contribution in [1.82, 2.24) is 15.5 Å². The number of nitrogens with one attached hydrogen (secondary N) is 2. The Morgan fingerprint density at radius 1 is 1.46 bits per heavy atom. The summed E-state index contributed by atoms with van der Waals surface area (Å²) in [5.41, 5.74) is 0. The molecule has 0 radical (unpaired) electrons. The number of hydrogen-bond donors (Lipinski definition) is 2. The standard InChI is InChI=1S/C10H21N3/c1-2-13-5-3-4-10(13)8-12-9-6-11-7-9/h9-12H,2-8H2,1H3. The minimum atomic E-state index is 0.749. The van der Waals surface area contributed by atoms with Crippen molar-refractivity contribution in [2.75, 3.05) is 32.7 Å². The second-order valence-electron chi connectivity index (χ2n) is 4.19. The van der Waals surface area contributed by atoms with Gasteiger partial charge >= 0.3 is 0 Å². The number of likely N-dealkylation sites (tertiary alicyclic amines) is 1. The fourth-order valence-electron chi connectivity index (χ4n) is 2.28. The molecular weight excluding hydrogens is 162 g/mol. The molecule has 0 amide bonds. The van der Waals surface area contributed by atoms with E-state index >= 15 is 0 Å². The van der Waals surface area contributed by atoms with Crippen molar-refractivity contribution in [3.8, 4) is 0 Å².